The first-order valence-electron chi connectivity index (χ1n) is 10.0. The van der Waals surface area contributed by atoms with Crippen molar-refractivity contribution < 1.29 is 13.9 Å². The molecule has 0 radical (unpaired) electrons. The molecule has 31 heavy (non-hydrogen) atoms. The van der Waals surface area contributed by atoms with Crippen LogP contribution in [-0.2, 0) is 0 Å². The van der Waals surface area contributed by atoms with Crippen molar-refractivity contribution in [3.05, 3.63) is 76.6 Å². The third-order valence-electron chi connectivity index (χ3n) is 5.62. The second-order valence-electron chi connectivity index (χ2n) is 7.61. The normalized spacial score (nSPS) is 18.0. The molecule has 0 bridgehead atoms. The van der Waals surface area contributed by atoms with Gasteiger partial charge in [0, 0.05) is 23.8 Å². The number of carbonyl (C=O) groups excluding carboxylic acids is 1. The predicted octanol–water partition coefficient (Wildman–Crippen LogP) is 3.16. The van der Waals surface area contributed by atoms with Crippen LogP contribution in [0.3, 0.4) is 0 Å². The average Bonchev–Trinajstić information content (AvgIpc) is 3.24. The zero-order valence-electron chi connectivity index (χ0n) is 17.0. The summed E-state index contributed by atoms with van der Waals surface area (Å²) in [6.45, 7) is 0. The highest BCUT2D eigenvalue weighted by Gasteiger charge is 2.28. The lowest BCUT2D eigenvalue weighted by atomic mass is 10.0. The van der Waals surface area contributed by atoms with Crippen LogP contribution in [0.15, 0.2) is 59.5 Å². The van der Waals surface area contributed by atoms with Gasteiger partial charge in [0.05, 0.1) is 7.11 Å². The van der Waals surface area contributed by atoms with E-state index >= 15 is 0 Å². The van der Waals surface area contributed by atoms with Gasteiger partial charge in [-0.1, -0.05) is 24.3 Å². The number of halogens is 1. The van der Waals surface area contributed by atoms with Crippen LogP contribution in [0, 0.1) is 5.82 Å². The molecule has 0 aliphatic heterocycles. The zero-order chi connectivity index (χ0) is 22.0. The average molecular weight is 422 g/mol. The second kappa shape index (κ2) is 8.59. The number of benzene rings is 2. The van der Waals surface area contributed by atoms with E-state index in [4.69, 9.17) is 10.5 Å². The van der Waals surface area contributed by atoms with Crippen molar-refractivity contribution in [1.82, 2.24) is 14.9 Å². The van der Waals surface area contributed by atoms with E-state index in [0.717, 1.165) is 23.1 Å². The molecule has 2 aromatic carbocycles. The number of nitrogens with one attached hydrogen (secondary N) is 1. The number of aromatic nitrogens is 2. The van der Waals surface area contributed by atoms with E-state index in [9.17, 15) is 14.0 Å². The molecule has 0 spiro atoms. The number of anilines is 1. The fraction of sp³-hybridized carbons (Fsp3) is 0.261. The number of carbonyl (C=O) groups is 1. The van der Waals surface area contributed by atoms with Crippen LogP contribution in [-0.4, -0.2) is 28.6 Å². The molecule has 1 saturated carbocycles. The Morgan fingerprint density at radius 2 is 1.97 bits per heavy atom. The van der Waals surface area contributed by atoms with E-state index in [-0.39, 0.29) is 18.0 Å². The highest BCUT2D eigenvalue weighted by atomic mass is 19.1. The maximum atomic E-state index is 13.7. The van der Waals surface area contributed by atoms with Gasteiger partial charge in [-0.3, -0.25) is 9.36 Å². The van der Waals surface area contributed by atoms with Crippen molar-refractivity contribution in [3.8, 4) is 16.9 Å². The summed E-state index contributed by atoms with van der Waals surface area (Å²) in [5, 5.41) is 3.02. The molecule has 1 fully saturated rings. The molecule has 1 heterocycles. The van der Waals surface area contributed by atoms with E-state index in [0.29, 0.717) is 24.8 Å². The van der Waals surface area contributed by atoms with Crippen molar-refractivity contribution in [2.75, 3.05) is 12.8 Å². The van der Waals surface area contributed by atoms with Gasteiger partial charge in [-0.25, -0.2) is 9.18 Å². The molecule has 1 aliphatic rings. The maximum Gasteiger partial charge on any atom is 0.349 e. The van der Waals surface area contributed by atoms with Gasteiger partial charge < -0.3 is 15.8 Å². The summed E-state index contributed by atoms with van der Waals surface area (Å²) in [5.41, 5.74) is 7.23. The molecule has 8 heteroatoms. The van der Waals surface area contributed by atoms with E-state index < -0.39 is 17.3 Å². The van der Waals surface area contributed by atoms with E-state index in [1.165, 1.54) is 4.57 Å². The van der Waals surface area contributed by atoms with Gasteiger partial charge in [0.25, 0.3) is 5.91 Å². The molecule has 0 saturated heterocycles. The van der Waals surface area contributed by atoms with E-state index in [2.05, 4.69) is 10.3 Å². The van der Waals surface area contributed by atoms with Gasteiger partial charge in [-0.05, 0) is 54.7 Å². The monoisotopic (exact) mass is 422 g/mol. The molecule has 1 aliphatic carbocycles. The van der Waals surface area contributed by atoms with Crippen molar-refractivity contribution in [2.45, 2.75) is 31.3 Å². The molecule has 3 N–H and O–H groups in total. The number of methoxy groups -OCH3 is 1. The molecule has 7 nitrogen and oxygen atoms in total. The Morgan fingerprint density at radius 1 is 1.19 bits per heavy atom. The Morgan fingerprint density at radius 3 is 2.71 bits per heavy atom. The first-order valence-corrected chi connectivity index (χ1v) is 10.0. The first kappa shape index (κ1) is 20.6. The zero-order valence-corrected chi connectivity index (χ0v) is 17.0. The number of ether oxygens (including phenoxy) is 1. The molecule has 0 unspecified atom stereocenters. The molecular weight excluding hydrogens is 399 g/mol. The minimum absolute atomic E-state index is 0.116. The van der Waals surface area contributed by atoms with Crippen LogP contribution in [0.4, 0.5) is 10.2 Å². The fourth-order valence-electron chi connectivity index (χ4n) is 3.95. The highest BCUT2D eigenvalue weighted by molar-refractivity contribution is 5.95. The molecule has 4 rings (SSSR count). The summed E-state index contributed by atoms with van der Waals surface area (Å²) in [6.07, 6.45) is 2.95. The summed E-state index contributed by atoms with van der Waals surface area (Å²) in [4.78, 5) is 28.4. The number of hydrogen-bond donors (Lipinski definition) is 2. The SMILES string of the molecule is COc1ccc(-c2cccc(C(=O)N[C@H]3CC[C@H](n4cc(F)c(N)nc4=O)C3)c2)cc1. The molecule has 2 atom stereocenters. The summed E-state index contributed by atoms with van der Waals surface area (Å²) in [7, 11) is 1.62. The van der Waals surface area contributed by atoms with Gasteiger partial charge in [0.2, 0.25) is 0 Å². The molecule has 1 aromatic heterocycles. The quantitative estimate of drug-likeness (QED) is 0.658. The van der Waals surface area contributed by atoms with Crippen molar-refractivity contribution >= 4 is 11.7 Å². The van der Waals surface area contributed by atoms with Crippen LogP contribution in [0.5, 0.6) is 5.75 Å². The van der Waals surface area contributed by atoms with Crippen LogP contribution >= 0.6 is 0 Å². The maximum absolute atomic E-state index is 13.7. The summed E-state index contributed by atoms with van der Waals surface area (Å²) < 4.78 is 20.2. The Labute approximate surface area is 178 Å². The summed E-state index contributed by atoms with van der Waals surface area (Å²) >= 11 is 0. The van der Waals surface area contributed by atoms with Crippen molar-refractivity contribution in [2.24, 2.45) is 0 Å². The van der Waals surface area contributed by atoms with Gasteiger partial charge in [-0.15, -0.1) is 0 Å². The molecule has 1 amide bonds. The Balaban J connectivity index is 1.44. The Kier molecular flexibility index (Phi) is 5.70. The smallest absolute Gasteiger partial charge is 0.349 e. The Hall–Kier alpha value is -3.68. The van der Waals surface area contributed by atoms with Gasteiger partial charge >= 0.3 is 5.69 Å². The number of hydrogen-bond acceptors (Lipinski definition) is 5. The standard InChI is InChI=1S/C23H23FN4O3/c1-31-19-9-5-14(6-10-19)15-3-2-4-16(11-15)22(29)26-17-7-8-18(12-17)28-13-20(24)21(25)27-23(28)30/h2-6,9-11,13,17-18H,7-8,12H2,1H3,(H,26,29)(H2,25,27,30)/t17-,18-/m0/s1. The third-order valence-corrected chi connectivity index (χ3v) is 5.62. The van der Waals surface area contributed by atoms with Crippen molar-refractivity contribution in [3.63, 3.8) is 0 Å². The van der Waals surface area contributed by atoms with Gasteiger partial charge in [0.15, 0.2) is 11.6 Å². The lowest BCUT2D eigenvalue weighted by molar-refractivity contribution is 0.0937. The van der Waals surface area contributed by atoms with E-state index in [1.54, 1.807) is 13.2 Å². The highest BCUT2D eigenvalue weighted by Crippen LogP contribution is 2.30. The lowest BCUT2D eigenvalue weighted by Crippen LogP contribution is -2.34. The second-order valence-corrected chi connectivity index (χ2v) is 7.61. The minimum Gasteiger partial charge on any atom is -0.497 e. The van der Waals surface area contributed by atoms with Crippen LogP contribution in [0.1, 0.15) is 35.7 Å². The largest absolute Gasteiger partial charge is 0.497 e. The summed E-state index contributed by atoms with van der Waals surface area (Å²) in [5.74, 6) is -0.540. The number of rotatable bonds is 5. The van der Waals surface area contributed by atoms with Crippen molar-refractivity contribution in [1.29, 1.82) is 0 Å². The molecule has 3 aromatic rings. The molecular formula is C23H23FN4O3. The Bertz CT molecular complexity index is 1160. The topological polar surface area (TPSA) is 99.2 Å². The number of nitrogen functional groups attached to an aromatic ring is 1. The number of nitrogens with zero attached hydrogens (tertiary/aromatic N) is 2. The van der Waals surface area contributed by atoms with Gasteiger partial charge in [0.1, 0.15) is 5.75 Å². The first-order chi connectivity index (χ1) is 14.9. The third kappa shape index (κ3) is 4.42. The number of nitrogens with two attached hydrogens (primary N) is 1. The van der Waals surface area contributed by atoms with Crippen LogP contribution < -0.4 is 21.5 Å². The summed E-state index contributed by atoms with van der Waals surface area (Å²) in [6, 6.07) is 14.7. The van der Waals surface area contributed by atoms with Gasteiger partial charge in [-0.2, -0.15) is 4.98 Å². The number of amides is 1. The lowest BCUT2D eigenvalue weighted by Gasteiger charge is -2.16. The minimum atomic E-state index is -0.720. The van der Waals surface area contributed by atoms with E-state index in [1.807, 2.05) is 42.5 Å². The van der Waals surface area contributed by atoms with Crippen LogP contribution in [0.2, 0.25) is 0 Å². The fourth-order valence-corrected chi connectivity index (χ4v) is 3.95. The van der Waals surface area contributed by atoms with Crippen LogP contribution in [0.25, 0.3) is 11.1 Å². The molecule has 160 valence electrons. The predicted molar refractivity (Wildman–Crippen MR) is 115 cm³/mol.